The van der Waals surface area contributed by atoms with Gasteiger partial charge >= 0.3 is 0 Å². The molecular formula is C18H28N4O3. The van der Waals surface area contributed by atoms with E-state index in [1.165, 1.54) is 0 Å². The molecule has 0 saturated carbocycles. The van der Waals surface area contributed by atoms with Crippen LogP contribution in [0.1, 0.15) is 38.3 Å². The molecule has 25 heavy (non-hydrogen) atoms. The fourth-order valence-corrected chi connectivity index (χ4v) is 3.99. The summed E-state index contributed by atoms with van der Waals surface area (Å²) >= 11 is 0. The van der Waals surface area contributed by atoms with E-state index in [1.54, 1.807) is 6.33 Å². The van der Waals surface area contributed by atoms with Gasteiger partial charge in [0.25, 0.3) is 0 Å². The highest BCUT2D eigenvalue weighted by molar-refractivity contribution is 5.78. The van der Waals surface area contributed by atoms with Crippen LogP contribution >= 0.6 is 0 Å². The van der Waals surface area contributed by atoms with Crippen molar-refractivity contribution < 1.29 is 14.3 Å². The van der Waals surface area contributed by atoms with Crippen LogP contribution in [0, 0.1) is 5.92 Å². The Morgan fingerprint density at radius 2 is 2.32 bits per heavy atom. The minimum atomic E-state index is 0.174. The van der Waals surface area contributed by atoms with Gasteiger partial charge in [0, 0.05) is 57.0 Å². The van der Waals surface area contributed by atoms with Crippen LogP contribution in [-0.4, -0.2) is 70.5 Å². The molecule has 3 rings (SSSR count). The molecule has 0 aliphatic carbocycles. The largest absolute Gasteiger partial charge is 0.381 e. The fraction of sp³-hybridized carbons (Fsp3) is 0.722. The normalized spacial score (nSPS) is 23.6. The second kappa shape index (κ2) is 8.47. The van der Waals surface area contributed by atoms with E-state index in [-0.39, 0.29) is 17.9 Å². The van der Waals surface area contributed by atoms with E-state index in [2.05, 4.69) is 9.97 Å². The number of hydrogen-bond acceptors (Lipinski definition) is 4. The highest BCUT2D eigenvalue weighted by Gasteiger charge is 2.39. The van der Waals surface area contributed by atoms with Crippen LogP contribution in [0.3, 0.4) is 0 Å². The van der Waals surface area contributed by atoms with Gasteiger partial charge in [-0.15, -0.1) is 0 Å². The van der Waals surface area contributed by atoms with Gasteiger partial charge in [0.2, 0.25) is 11.8 Å². The zero-order chi connectivity index (χ0) is 17.6. The Balaban J connectivity index is 1.54. The lowest BCUT2D eigenvalue weighted by Crippen LogP contribution is -2.57. The zero-order valence-electron chi connectivity index (χ0n) is 14.9. The molecule has 1 N–H and O–H groups in total. The van der Waals surface area contributed by atoms with Gasteiger partial charge in [-0.2, -0.15) is 0 Å². The molecule has 138 valence electrons. The minimum Gasteiger partial charge on any atom is -0.381 e. The van der Waals surface area contributed by atoms with Gasteiger partial charge < -0.3 is 19.5 Å². The summed E-state index contributed by atoms with van der Waals surface area (Å²) in [5.41, 5.74) is 1.05. The summed E-state index contributed by atoms with van der Waals surface area (Å²) in [5.74, 6) is 0.814. The molecule has 0 bridgehead atoms. The predicted octanol–water partition coefficient (Wildman–Crippen LogP) is 1.22. The van der Waals surface area contributed by atoms with Crippen molar-refractivity contribution in [2.75, 3.05) is 32.8 Å². The van der Waals surface area contributed by atoms with E-state index in [0.717, 1.165) is 44.6 Å². The molecule has 7 heteroatoms. The van der Waals surface area contributed by atoms with E-state index >= 15 is 0 Å². The average Bonchev–Trinajstić information content (AvgIpc) is 3.14. The topological polar surface area (TPSA) is 78.5 Å². The third-order valence-corrected chi connectivity index (χ3v) is 5.34. The number of imidazole rings is 1. The predicted molar refractivity (Wildman–Crippen MR) is 92.8 cm³/mol. The number of carbonyl (C=O) groups is 2. The summed E-state index contributed by atoms with van der Waals surface area (Å²) in [6.45, 7) is 5.30. The first-order valence-electron chi connectivity index (χ1n) is 9.31. The molecule has 0 unspecified atom stereocenters. The molecule has 0 aromatic carbocycles. The Labute approximate surface area is 148 Å². The van der Waals surface area contributed by atoms with Crippen molar-refractivity contribution >= 4 is 11.8 Å². The SMILES string of the molecule is CCOCCC(=O)N1CC[C@@H]2[C@@H](CCC(=O)N2CCc2cnc[nH]2)C1. The van der Waals surface area contributed by atoms with Crippen molar-refractivity contribution in [1.82, 2.24) is 19.8 Å². The summed E-state index contributed by atoms with van der Waals surface area (Å²) in [6.07, 6.45) is 7.08. The van der Waals surface area contributed by atoms with Gasteiger partial charge in [0.1, 0.15) is 0 Å². The number of piperidine rings is 2. The Kier molecular flexibility index (Phi) is 6.07. The zero-order valence-corrected chi connectivity index (χ0v) is 14.9. The summed E-state index contributed by atoms with van der Waals surface area (Å²) in [4.78, 5) is 35.9. The monoisotopic (exact) mass is 348 g/mol. The maximum absolute atomic E-state index is 12.4. The van der Waals surface area contributed by atoms with Crippen LogP contribution in [0.4, 0.5) is 0 Å². The van der Waals surface area contributed by atoms with Crippen LogP contribution in [0.5, 0.6) is 0 Å². The number of likely N-dealkylation sites (tertiary alicyclic amines) is 2. The number of H-pyrrole nitrogens is 1. The van der Waals surface area contributed by atoms with Crippen LogP contribution in [-0.2, 0) is 20.7 Å². The number of aromatic nitrogens is 2. The summed E-state index contributed by atoms with van der Waals surface area (Å²) in [6, 6.07) is 0.264. The lowest BCUT2D eigenvalue weighted by atomic mass is 9.83. The molecule has 2 aliphatic rings. The van der Waals surface area contributed by atoms with Crippen molar-refractivity contribution in [3.05, 3.63) is 18.2 Å². The van der Waals surface area contributed by atoms with E-state index < -0.39 is 0 Å². The van der Waals surface area contributed by atoms with Gasteiger partial charge in [0.15, 0.2) is 0 Å². The van der Waals surface area contributed by atoms with Gasteiger partial charge in [-0.25, -0.2) is 4.98 Å². The third-order valence-electron chi connectivity index (χ3n) is 5.34. The maximum atomic E-state index is 12.4. The van der Waals surface area contributed by atoms with Crippen molar-refractivity contribution in [2.24, 2.45) is 5.92 Å². The molecule has 2 atom stereocenters. The molecule has 2 aliphatic heterocycles. The number of aromatic amines is 1. The van der Waals surface area contributed by atoms with Gasteiger partial charge in [-0.3, -0.25) is 9.59 Å². The summed E-state index contributed by atoms with van der Waals surface area (Å²) in [5, 5.41) is 0. The molecule has 1 aromatic rings. The highest BCUT2D eigenvalue weighted by Crippen LogP contribution is 2.31. The molecule has 0 radical (unpaired) electrons. The number of amides is 2. The van der Waals surface area contributed by atoms with Gasteiger partial charge in [0.05, 0.1) is 19.4 Å². The summed E-state index contributed by atoms with van der Waals surface area (Å²) < 4.78 is 5.29. The van der Waals surface area contributed by atoms with Crippen molar-refractivity contribution in [1.29, 1.82) is 0 Å². The number of nitrogens with one attached hydrogen (secondary N) is 1. The molecule has 1 aromatic heterocycles. The first-order valence-corrected chi connectivity index (χ1v) is 9.31. The third kappa shape index (κ3) is 4.39. The smallest absolute Gasteiger partial charge is 0.224 e. The fourth-order valence-electron chi connectivity index (χ4n) is 3.99. The molecule has 3 heterocycles. The number of carbonyl (C=O) groups excluding carboxylic acids is 2. The lowest BCUT2D eigenvalue weighted by molar-refractivity contribution is -0.144. The number of nitrogens with zero attached hydrogens (tertiary/aromatic N) is 3. The minimum absolute atomic E-state index is 0.174. The lowest BCUT2D eigenvalue weighted by Gasteiger charge is -2.47. The highest BCUT2D eigenvalue weighted by atomic mass is 16.5. The second-order valence-electron chi connectivity index (χ2n) is 6.86. The maximum Gasteiger partial charge on any atom is 0.224 e. The molecule has 2 amide bonds. The Bertz CT molecular complexity index is 575. The van der Waals surface area contributed by atoms with Crippen molar-refractivity contribution in [3.63, 3.8) is 0 Å². The van der Waals surface area contributed by atoms with E-state index in [1.807, 2.05) is 22.9 Å². The Morgan fingerprint density at radius 3 is 3.08 bits per heavy atom. The van der Waals surface area contributed by atoms with E-state index in [9.17, 15) is 9.59 Å². The average molecular weight is 348 g/mol. The molecule has 2 fully saturated rings. The number of ether oxygens (including phenoxy) is 1. The van der Waals surface area contributed by atoms with Crippen LogP contribution < -0.4 is 0 Å². The Morgan fingerprint density at radius 1 is 1.44 bits per heavy atom. The Hall–Kier alpha value is -1.89. The van der Waals surface area contributed by atoms with Crippen LogP contribution in [0.15, 0.2) is 12.5 Å². The molecular weight excluding hydrogens is 320 g/mol. The van der Waals surface area contributed by atoms with Crippen LogP contribution in [0.25, 0.3) is 0 Å². The van der Waals surface area contributed by atoms with Crippen LogP contribution in [0.2, 0.25) is 0 Å². The number of hydrogen-bond donors (Lipinski definition) is 1. The van der Waals surface area contributed by atoms with E-state index in [4.69, 9.17) is 4.74 Å². The van der Waals surface area contributed by atoms with Crippen molar-refractivity contribution in [3.8, 4) is 0 Å². The molecule has 2 saturated heterocycles. The molecule has 0 spiro atoms. The quantitative estimate of drug-likeness (QED) is 0.752. The number of rotatable bonds is 7. The van der Waals surface area contributed by atoms with Crippen molar-refractivity contribution in [2.45, 2.75) is 45.1 Å². The second-order valence-corrected chi connectivity index (χ2v) is 6.86. The van der Waals surface area contributed by atoms with Gasteiger partial charge in [-0.1, -0.05) is 0 Å². The van der Waals surface area contributed by atoms with Gasteiger partial charge in [-0.05, 0) is 25.7 Å². The standard InChI is InChI=1S/C18H28N4O3/c1-2-25-10-7-17(23)21-8-6-16-14(12-21)3-4-18(24)22(16)9-5-15-11-19-13-20-15/h11,13-14,16H,2-10,12H2,1H3,(H,19,20)/t14-,16+/m0/s1. The summed E-state index contributed by atoms with van der Waals surface area (Å²) in [7, 11) is 0. The van der Waals surface area contributed by atoms with E-state index in [0.29, 0.717) is 32.0 Å². The molecule has 7 nitrogen and oxygen atoms in total. The first-order chi connectivity index (χ1) is 12.2. The number of fused-ring (bicyclic) bond motifs is 1. The first kappa shape index (κ1) is 17.9.